The zero-order chi connectivity index (χ0) is 23.5. The molecule has 5 aromatic rings. The van der Waals surface area contributed by atoms with Crippen molar-refractivity contribution >= 4 is 39.8 Å². The fourth-order valence-electron chi connectivity index (χ4n) is 3.64. The lowest BCUT2D eigenvalue weighted by molar-refractivity contribution is 0.305. The second-order valence-corrected chi connectivity index (χ2v) is 9.59. The SMILES string of the molecule is CCCCn1c(=O)c2ccccc2n2c(SCc3csc(COc4ccc(F)cc4)n3)nnc12. The molecule has 0 aliphatic rings. The van der Waals surface area contributed by atoms with E-state index in [9.17, 15) is 9.18 Å². The van der Waals surface area contributed by atoms with Crippen molar-refractivity contribution in [3.05, 3.63) is 80.8 Å². The molecular weight excluding hydrogens is 473 g/mol. The van der Waals surface area contributed by atoms with E-state index in [1.807, 2.05) is 34.0 Å². The smallest absolute Gasteiger partial charge is 0.262 e. The Morgan fingerprint density at radius 3 is 2.76 bits per heavy atom. The van der Waals surface area contributed by atoms with E-state index in [4.69, 9.17) is 4.74 Å². The van der Waals surface area contributed by atoms with Crippen LogP contribution in [0.2, 0.25) is 0 Å². The van der Waals surface area contributed by atoms with Crippen molar-refractivity contribution in [2.24, 2.45) is 0 Å². The minimum atomic E-state index is -0.294. The van der Waals surface area contributed by atoms with E-state index in [1.165, 1.54) is 35.2 Å². The van der Waals surface area contributed by atoms with E-state index < -0.39 is 0 Å². The van der Waals surface area contributed by atoms with Crippen molar-refractivity contribution in [1.82, 2.24) is 24.1 Å². The minimum Gasteiger partial charge on any atom is -0.486 e. The number of rotatable bonds is 9. The Kier molecular flexibility index (Phi) is 6.59. The monoisotopic (exact) mass is 495 g/mol. The first-order chi connectivity index (χ1) is 16.6. The van der Waals surface area contributed by atoms with Crippen molar-refractivity contribution in [1.29, 1.82) is 0 Å². The zero-order valence-electron chi connectivity index (χ0n) is 18.5. The summed E-state index contributed by atoms with van der Waals surface area (Å²) in [5.74, 6) is 1.47. The van der Waals surface area contributed by atoms with Gasteiger partial charge in [-0.25, -0.2) is 9.37 Å². The normalized spacial score (nSPS) is 11.5. The lowest BCUT2D eigenvalue weighted by Crippen LogP contribution is -2.23. The van der Waals surface area contributed by atoms with Crippen molar-refractivity contribution in [2.75, 3.05) is 0 Å². The van der Waals surface area contributed by atoms with Crippen molar-refractivity contribution < 1.29 is 9.13 Å². The van der Waals surface area contributed by atoms with Crippen LogP contribution in [0.1, 0.15) is 30.5 Å². The molecule has 10 heteroatoms. The molecule has 0 aliphatic heterocycles. The van der Waals surface area contributed by atoms with Crippen molar-refractivity contribution in [3.8, 4) is 5.75 Å². The van der Waals surface area contributed by atoms with E-state index in [-0.39, 0.29) is 11.4 Å². The summed E-state index contributed by atoms with van der Waals surface area (Å²) >= 11 is 3.04. The fourth-order valence-corrected chi connectivity index (χ4v) is 5.28. The fraction of sp³-hybridized carbons (Fsp3) is 0.250. The molecule has 0 saturated carbocycles. The molecule has 0 atom stereocenters. The Balaban J connectivity index is 1.36. The first kappa shape index (κ1) is 22.5. The molecule has 0 saturated heterocycles. The Morgan fingerprint density at radius 2 is 1.94 bits per heavy atom. The van der Waals surface area contributed by atoms with E-state index in [0.717, 1.165) is 29.1 Å². The molecule has 0 amide bonds. The van der Waals surface area contributed by atoms with Crippen LogP contribution < -0.4 is 10.3 Å². The molecule has 0 N–H and O–H groups in total. The molecule has 0 bridgehead atoms. The Hall–Kier alpha value is -3.24. The van der Waals surface area contributed by atoms with Gasteiger partial charge in [0.15, 0.2) is 5.16 Å². The summed E-state index contributed by atoms with van der Waals surface area (Å²) in [6.45, 7) is 3.03. The van der Waals surface area contributed by atoms with Gasteiger partial charge < -0.3 is 4.74 Å². The maximum atomic E-state index is 13.1. The van der Waals surface area contributed by atoms with E-state index in [1.54, 1.807) is 16.7 Å². The van der Waals surface area contributed by atoms with Gasteiger partial charge in [-0.2, -0.15) is 0 Å². The third kappa shape index (κ3) is 4.55. The number of hydrogen-bond acceptors (Lipinski definition) is 7. The quantitative estimate of drug-likeness (QED) is 0.258. The standard InChI is InChI=1S/C24H22FN5O2S2/c1-2-3-12-29-22(31)19-6-4-5-7-20(19)30-23(29)27-28-24(30)34-15-17-14-33-21(26-17)13-32-18-10-8-16(25)9-11-18/h4-11,14H,2-3,12-13,15H2,1H3. The molecule has 2 aromatic carbocycles. The van der Waals surface area contributed by atoms with Crippen molar-refractivity contribution in [3.63, 3.8) is 0 Å². The molecule has 5 rings (SSSR count). The molecular formula is C24H22FN5O2S2. The number of thiazole rings is 1. The molecule has 7 nitrogen and oxygen atoms in total. The number of fused-ring (bicyclic) bond motifs is 3. The lowest BCUT2D eigenvalue weighted by Gasteiger charge is -2.10. The Bertz CT molecular complexity index is 1490. The number of para-hydroxylation sites is 1. The maximum Gasteiger partial charge on any atom is 0.262 e. The second-order valence-electron chi connectivity index (χ2n) is 7.71. The van der Waals surface area contributed by atoms with Crippen LogP contribution in [-0.4, -0.2) is 24.1 Å². The average Bonchev–Trinajstić information content (AvgIpc) is 3.49. The maximum absolute atomic E-state index is 13.1. The Labute approximate surface area is 203 Å². The van der Waals surface area contributed by atoms with Crippen LogP contribution in [0.4, 0.5) is 4.39 Å². The van der Waals surface area contributed by atoms with E-state index in [2.05, 4.69) is 22.1 Å². The highest BCUT2D eigenvalue weighted by atomic mass is 32.2. The van der Waals surface area contributed by atoms with E-state index >= 15 is 0 Å². The second kappa shape index (κ2) is 9.94. The summed E-state index contributed by atoms with van der Waals surface area (Å²) in [6.07, 6.45) is 1.88. The van der Waals surface area contributed by atoms with Crippen LogP contribution in [0, 0.1) is 5.82 Å². The van der Waals surface area contributed by atoms with Gasteiger partial charge in [-0.05, 0) is 42.8 Å². The van der Waals surface area contributed by atoms with Crippen LogP contribution in [0.15, 0.2) is 63.9 Å². The highest BCUT2D eigenvalue weighted by Crippen LogP contribution is 2.26. The number of aromatic nitrogens is 5. The first-order valence-corrected chi connectivity index (χ1v) is 12.8. The van der Waals surface area contributed by atoms with Crippen LogP contribution >= 0.6 is 23.1 Å². The first-order valence-electron chi connectivity index (χ1n) is 10.9. The average molecular weight is 496 g/mol. The number of hydrogen-bond donors (Lipinski definition) is 0. The van der Waals surface area contributed by atoms with Gasteiger partial charge in [0.25, 0.3) is 5.56 Å². The molecule has 3 aromatic heterocycles. The summed E-state index contributed by atoms with van der Waals surface area (Å²) in [6, 6.07) is 13.5. The topological polar surface area (TPSA) is 74.3 Å². The third-order valence-electron chi connectivity index (χ3n) is 5.34. The summed E-state index contributed by atoms with van der Waals surface area (Å²) in [5, 5.41) is 13.0. The highest BCUT2D eigenvalue weighted by Gasteiger charge is 2.17. The molecule has 174 valence electrons. The molecule has 3 heterocycles. The largest absolute Gasteiger partial charge is 0.486 e. The van der Waals surface area contributed by atoms with Gasteiger partial charge in [0, 0.05) is 17.7 Å². The van der Waals surface area contributed by atoms with Gasteiger partial charge in [0.2, 0.25) is 5.78 Å². The Morgan fingerprint density at radius 1 is 1.12 bits per heavy atom. The van der Waals surface area contributed by atoms with Crippen LogP contribution in [0.5, 0.6) is 5.75 Å². The lowest BCUT2D eigenvalue weighted by atomic mass is 10.2. The molecule has 0 fully saturated rings. The molecule has 0 unspecified atom stereocenters. The predicted molar refractivity (Wildman–Crippen MR) is 132 cm³/mol. The number of halogens is 1. The number of ether oxygens (including phenoxy) is 1. The number of nitrogens with zero attached hydrogens (tertiary/aromatic N) is 5. The van der Waals surface area contributed by atoms with Gasteiger partial charge in [-0.15, -0.1) is 21.5 Å². The third-order valence-corrected chi connectivity index (χ3v) is 7.17. The summed E-state index contributed by atoms with van der Waals surface area (Å²) < 4.78 is 22.4. The molecule has 0 spiro atoms. The van der Waals surface area contributed by atoms with Gasteiger partial charge in [-0.3, -0.25) is 13.8 Å². The summed E-state index contributed by atoms with van der Waals surface area (Å²) in [7, 11) is 0. The van der Waals surface area contributed by atoms with Gasteiger partial charge in [0.1, 0.15) is 23.2 Å². The van der Waals surface area contributed by atoms with Crippen LogP contribution in [0.25, 0.3) is 16.7 Å². The number of unbranched alkanes of at least 4 members (excludes halogenated alkanes) is 1. The van der Waals surface area contributed by atoms with Crippen LogP contribution in [-0.2, 0) is 18.9 Å². The zero-order valence-corrected chi connectivity index (χ0v) is 20.1. The van der Waals surface area contributed by atoms with Gasteiger partial charge in [0.05, 0.1) is 16.6 Å². The van der Waals surface area contributed by atoms with Gasteiger partial charge >= 0.3 is 0 Å². The highest BCUT2D eigenvalue weighted by molar-refractivity contribution is 7.98. The predicted octanol–water partition coefficient (Wildman–Crippen LogP) is 5.31. The minimum absolute atomic E-state index is 0.0363. The summed E-state index contributed by atoms with van der Waals surface area (Å²) in [4.78, 5) is 17.7. The molecule has 0 radical (unpaired) electrons. The number of aryl methyl sites for hydroxylation is 1. The molecule has 0 aliphatic carbocycles. The van der Waals surface area contributed by atoms with Crippen LogP contribution in [0.3, 0.4) is 0 Å². The summed E-state index contributed by atoms with van der Waals surface area (Å²) in [5.41, 5.74) is 1.67. The van der Waals surface area contributed by atoms with E-state index in [0.29, 0.717) is 41.0 Å². The van der Waals surface area contributed by atoms with Crippen molar-refractivity contribution in [2.45, 2.75) is 43.8 Å². The number of thioether (sulfide) groups is 1. The molecule has 34 heavy (non-hydrogen) atoms. The number of benzene rings is 2. The van der Waals surface area contributed by atoms with Gasteiger partial charge in [-0.1, -0.05) is 37.2 Å².